The van der Waals surface area contributed by atoms with Crippen LogP contribution in [-0.4, -0.2) is 40.7 Å². The lowest BCUT2D eigenvalue weighted by Gasteiger charge is -2.39. The first kappa shape index (κ1) is 24.4. The number of piperidine rings is 1. The normalized spacial score (nSPS) is 19.2. The van der Waals surface area contributed by atoms with E-state index >= 15 is 0 Å². The summed E-state index contributed by atoms with van der Waals surface area (Å²) in [7, 11) is 0. The molecule has 4 N–H and O–H groups in total. The lowest BCUT2D eigenvalue weighted by atomic mass is 9.88. The number of alkyl halides is 1. The number of para-hydroxylation sites is 1. The maximum atomic E-state index is 14.5. The summed E-state index contributed by atoms with van der Waals surface area (Å²) in [6, 6.07) is 21.2. The van der Waals surface area contributed by atoms with Gasteiger partial charge in [0.15, 0.2) is 0 Å². The number of anilines is 4. The van der Waals surface area contributed by atoms with Gasteiger partial charge < -0.3 is 21.3 Å². The van der Waals surface area contributed by atoms with Crippen LogP contribution in [0.3, 0.4) is 0 Å². The Hall–Kier alpha value is -4.30. The molecule has 2 heterocycles. The fraction of sp³-hybridized carbons (Fsp3) is 0.207. The van der Waals surface area contributed by atoms with E-state index in [1.807, 2.05) is 73.7 Å². The van der Waals surface area contributed by atoms with Crippen molar-refractivity contribution in [2.45, 2.75) is 25.1 Å². The Bertz CT molecular complexity index is 1440. The quantitative estimate of drug-likeness (QED) is 0.247. The van der Waals surface area contributed by atoms with E-state index in [2.05, 4.69) is 32.8 Å². The fourth-order valence-corrected chi connectivity index (χ4v) is 4.50. The van der Waals surface area contributed by atoms with E-state index in [1.165, 1.54) is 6.08 Å². The third-order valence-corrected chi connectivity index (χ3v) is 6.64. The minimum Gasteiger partial charge on any atom is -0.377 e. The molecular formula is C29H29FN6O. The van der Waals surface area contributed by atoms with Gasteiger partial charge in [-0.25, -0.2) is 14.4 Å². The first-order chi connectivity index (χ1) is 17.9. The van der Waals surface area contributed by atoms with Crippen molar-refractivity contribution >= 4 is 39.8 Å². The third-order valence-electron chi connectivity index (χ3n) is 6.64. The predicted octanol–water partition coefficient (Wildman–Crippen LogP) is 5.67. The number of benzene rings is 3. The van der Waals surface area contributed by atoms with Crippen molar-refractivity contribution in [2.24, 2.45) is 0 Å². The van der Waals surface area contributed by atoms with Crippen LogP contribution in [0.15, 0.2) is 85.6 Å². The molecule has 0 unspecified atom stereocenters. The molecule has 1 aliphatic heterocycles. The van der Waals surface area contributed by atoms with Gasteiger partial charge in [-0.2, -0.15) is 0 Å². The molecule has 0 saturated carbocycles. The molecule has 4 aromatic rings. The van der Waals surface area contributed by atoms with E-state index in [0.717, 1.165) is 39.9 Å². The second kappa shape index (κ2) is 10.4. The number of hydrogen-bond donors (Lipinski definition) is 4. The SMILES string of the molecule is C=CC(=O)Nc1cccc(-c2cccc3cnc(Nc4ccc(N[C@]5(C)CCNC[C@H]5F)cc4)nc23)c1. The van der Waals surface area contributed by atoms with Gasteiger partial charge in [0.25, 0.3) is 0 Å². The molecule has 3 aromatic carbocycles. The number of hydrogen-bond acceptors (Lipinski definition) is 6. The lowest BCUT2D eigenvalue weighted by Crippen LogP contribution is -2.54. The largest absolute Gasteiger partial charge is 0.377 e. The van der Waals surface area contributed by atoms with Crippen molar-refractivity contribution in [3.05, 3.63) is 85.6 Å². The number of rotatable bonds is 7. The predicted molar refractivity (Wildman–Crippen MR) is 148 cm³/mol. The number of carbonyl (C=O) groups is 1. The van der Waals surface area contributed by atoms with Gasteiger partial charge in [0, 0.05) is 40.8 Å². The van der Waals surface area contributed by atoms with E-state index in [9.17, 15) is 9.18 Å². The lowest BCUT2D eigenvalue weighted by molar-refractivity contribution is -0.111. The summed E-state index contributed by atoms with van der Waals surface area (Å²) in [5, 5.41) is 13.4. The smallest absolute Gasteiger partial charge is 0.247 e. The highest BCUT2D eigenvalue weighted by Gasteiger charge is 2.36. The van der Waals surface area contributed by atoms with Gasteiger partial charge in [0.1, 0.15) is 6.17 Å². The van der Waals surface area contributed by atoms with Crippen molar-refractivity contribution < 1.29 is 9.18 Å². The Morgan fingerprint density at radius 3 is 2.68 bits per heavy atom. The maximum Gasteiger partial charge on any atom is 0.247 e. The molecular weight excluding hydrogens is 467 g/mol. The average Bonchev–Trinajstić information content (AvgIpc) is 2.91. The topological polar surface area (TPSA) is 91.0 Å². The minimum absolute atomic E-state index is 0.264. The molecule has 188 valence electrons. The molecule has 2 atom stereocenters. The Morgan fingerprint density at radius 2 is 1.89 bits per heavy atom. The Kier molecular flexibility index (Phi) is 6.83. The number of aromatic nitrogens is 2. The number of nitrogens with one attached hydrogen (secondary N) is 4. The van der Waals surface area contributed by atoms with Crippen LogP contribution >= 0.6 is 0 Å². The van der Waals surface area contributed by atoms with Gasteiger partial charge in [-0.3, -0.25) is 4.79 Å². The van der Waals surface area contributed by atoms with Crippen molar-refractivity contribution in [1.82, 2.24) is 15.3 Å². The standard InChI is InChI=1S/C29H29FN6O/c1-3-26(37)33-23-8-4-6-19(16-23)24-9-5-7-20-17-32-28(35-27(20)24)34-21-10-12-22(13-11-21)36-29(2)14-15-31-18-25(29)30/h3-13,16-17,25,31,36H,1,14-15,18H2,2H3,(H,33,37)(H,32,34,35)/t25-,29-/m1/s1. The number of nitrogens with zero attached hydrogens (tertiary/aromatic N) is 2. The first-order valence-corrected chi connectivity index (χ1v) is 12.2. The second-order valence-electron chi connectivity index (χ2n) is 9.38. The van der Waals surface area contributed by atoms with Crippen LogP contribution < -0.4 is 21.3 Å². The van der Waals surface area contributed by atoms with Gasteiger partial charge in [0.05, 0.1) is 11.1 Å². The molecule has 1 saturated heterocycles. The Morgan fingerprint density at radius 1 is 1.11 bits per heavy atom. The Labute approximate surface area is 215 Å². The summed E-state index contributed by atoms with van der Waals surface area (Å²) < 4.78 is 14.5. The summed E-state index contributed by atoms with van der Waals surface area (Å²) in [5.74, 6) is 0.199. The second-order valence-corrected chi connectivity index (χ2v) is 9.38. The maximum absolute atomic E-state index is 14.5. The third kappa shape index (κ3) is 5.44. The molecule has 1 aliphatic rings. The molecule has 0 bridgehead atoms. The zero-order valence-corrected chi connectivity index (χ0v) is 20.6. The highest BCUT2D eigenvalue weighted by molar-refractivity contribution is 6.00. The van der Waals surface area contributed by atoms with Gasteiger partial charge in [-0.05, 0) is 67.9 Å². The van der Waals surface area contributed by atoms with Crippen LogP contribution in [0.25, 0.3) is 22.0 Å². The fourth-order valence-electron chi connectivity index (χ4n) is 4.50. The van der Waals surface area contributed by atoms with Crippen molar-refractivity contribution in [3.63, 3.8) is 0 Å². The van der Waals surface area contributed by atoms with E-state index in [-0.39, 0.29) is 5.91 Å². The van der Waals surface area contributed by atoms with Crippen molar-refractivity contribution in [2.75, 3.05) is 29.0 Å². The number of carbonyl (C=O) groups excluding carboxylic acids is 1. The summed E-state index contributed by atoms with van der Waals surface area (Å²) in [6.07, 6.45) is 2.78. The minimum atomic E-state index is -0.960. The highest BCUT2D eigenvalue weighted by atomic mass is 19.1. The summed E-state index contributed by atoms with van der Waals surface area (Å²) in [4.78, 5) is 21.0. The summed E-state index contributed by atoms with van der Waals surface area (Å²) in [6.45, 7) is 6.58. The average molecular weight is 497 g/mol. The molecule has 1 fully saturated rings. The first-order valence-electron chi connectivity index (χ1n) is 12.2. The van der Waals surface area contributed by atoms with E-state index in [1.54, 1.807) is 6.20 Å². The highest BCUT2D eigenvalue weighted by Crippen LogP contribution is 2.31. The number of amides is 1. The monoisotopic (exact) mass is 496 g/mol. The van der Waals surface area contributed by atoms with Crippen LogP contribution in [0, 0.1) is 0 Å². The van der Waals surface area contributed by atoms with Gasteiger partial charge in [-0.1, -0.05) is 36.9 Å². The molecule has 0 spiro atoms. The van der Waals surface area contributed by atoms with Crippen LogP contribution in [0.2, 0.25) is 0 Å². The zero-order valence-electron chi connectivity index (χ0n) is 20.6. The molecule has 8 heteroatoms. The van der Waals surface area contributed by atoms with Crippen LogP contribution in [0.4, 0.5) is 27.4 Å². The zero-order chi connectivity index (χ0) is 25.8. The van der Waals surface area contributed by atoms with Gasteiger partial charge >= 0.3 is 0 Å². The van der Waals surface area contributed by atoms with Gasteiger partial charge in [0.2, 0.25) is 11.9 Å². The van der Waals surface area contributed by atoms with Crippen molar-refractivity contribution in [3.8, 4) is 11.1 Å². The number of fused-ring (bicyclic) bond motifs is 1. The number of halogens is 1. The molecule has 0 radical (unpaired) electrons. The molecule has 37 heavy (non-hydrogen) atoms. The molecule has 5 rings (SSSR count). The van der Waals surface area contributed by atoms with Crippen LogP contribution in [-0.2, 0) is 4.79 Å². The van der Waals surface area contributed by atoms with E-state index in [4.69, 9.17) is 4.98 Å². The molecule has 1 amide bonds. The summed E-state index contributed by atoms with van der Waals surface area (Å²) in [5.41, 5.74) is 4.41. The molecule has 1 aromatic heterocycles. The Balaban J connectivity index is 1.37. The summed E-state index contributed by atoms with van der Waals surface area (Å²) >= 11 is 0. The van der Waals surface area contributed by atoms with E-state index < -0.39 is 11.7 Å². The molecule has 0 aliphatic carbocycles. The van der Waals surface area contributed by atoms with E-state index in [0.29, 0.717) is 24.6 Å². The van der Waals surface area contributed by atoms with Crippen LogP contribution in [0.1, 0.15) is 13.3 Å². The molecule has 7 nitrogen and oxygen atoms in total. The van der Waals surface area contributed by atoms with Crippen molar-refractivity contribution in [1.29, 1.82) is 0 Å². The van der Waals surface area contributed by atoms with Crippen LogP contribution in [0.5, 0.6) is 0 Å². The van der Waals surface area contributed by atoms with Gasteiger partial charge in [-0.15, -0.1) is 0 Å².